The number of amides is 1. The molecule has 25 heavy (non-hydrogen) atoms. The highest BCUT2D eigenvalue weighted by Crippen LogP contribution is 2.19. The summed E-state index contributed by atoms with van der Waals surface area (Å²) in [5.74, 6) is -0.681. The second kappa shape index (κ2) is 8.88. The number of hydrogen-bond acceptors (Lipinski definition) is 3. The fourth-order valence-corrected chi connectivity index (χ4v) is 3.39. The van der Waals surface area contributed by atoms with Gasteiger partial charge in [0.25, 0.3) is 5.91 Å². The number of carbonyl (C=O) groups is 2. The second-order valence-electron chi connectivity index (χ2n) is 6.73. The predicted molar refractivity (Wildman–Crippen MR) is 98.6 cm³/mol. The Bertz CT molecular complexity index is 658. The molecule has 1 atom stereocenters. The minimum atomic E-state index is -0.794. The Labute approximate surface area is 150 Å². The standard InChI is InChI=1S/C20H30N2O3/c1-5-22-14(2)13-18(15(22)3)20(24)25-16(4)19(23)21-12-11-17-9-7-6-8-10-17/h9,13,16H,5-8,10-12H2,1-4H3,(H,21,23)/t16-/m0/s1. The lowest BCUT2D eigenvalue weighted by Crippen LogP contribution is -2.36. The zero-order valence-electron chi connectivity index (χ0n) is 15.9. The van der Waals surface area contributed by atoms with Gasteiger partial charge in [-0.05, 0) is 65.9 Å². The fourth-order valence-electron chi connectivity index (χ4n) is 3.39. The van der Waals surface area contributed by atoms with Gasteiger partial charge in [-0.3, -0.25) is 4.79 Å². The van der Waals surface area contributed by atoms with Crippen LogP contribution in [0.5, 0.6) is 0 Å². The van der Waals surface area contributed by atoms with E-state index in [0.29, 0.717) is 12.1 Å². The van der Waals surface area contributed by atoms with E-state index in [2.05, 4.69) is 16.0 Å². The third-order valence-corrected chi connectivity index (χ3v) is 4.89. The van der Waals surface area contributed by atoms with Crippen molar-refractivity contribution < 1.29 is 14.3 Å². The molecule has 5 nitrogen and oxygen atoms in total. The number of esters is 1. The van der Waals surface area contributed by atoms with Gasteiger partial charge < -0.3 is 14.6 Å². The van der Waals surface area contributed by atoms with Crippen LogP contribution < -0.4 is 5.32 Å². The first-order valence-corrected chi connectivity index (χ1v) is 9.27. The van der Waals surface area contributed by atoms with Gasteiger partial charge in [0.2, 0.25) is 0 Å². The van der Waals surface area contributed by atoms with Crippen LogP contribution in [0.25, 0.3) is 0 Å². The number of carbonyl (C=O) groups excluding carboxylic acids is 2. The molecule has 0 aromatic carbocycles. The molecule has 1 aliphatic rings. The number of ether oxygens (including phenoxy) is 1. The highest BCUT2D eigenvalue weighted by Gasteiger charge is 2.22. The van der Waals surface area contributed by atoms with Crippen LogP contribution in [0.4, 0.5) is 0 Å². The van der Waals surface area contributed by atoms with Crippen LogP contribution in [-0.4, -0.2) is 29.1 Å². The van der Waals surface area contributed by atoms with Gasteiger partial charge in [-0.15, -0.1) is 0 Å². The first kappa shape index (κ1) is 19.3. The summed E-state index contributed by atoms with van der Waals surface area (Å²) < 4.78 is 7.41. The van der Waals surface area contributed by atoms with Crippen LogP contribution >= 0.6 is 0 Å². The lowest BCUT2D eigenvalue weighted by Gasteiger charge is -2.15. The van der Waals surface area contributed by atoms with Crippen LogP contribution in [0, 0.1) is 13.8 Å². The molecule has 1 aliphatic carbocycles. The van der Waals surface area contributed by atoms with Crippen LogP contribution in [0.3, 0.4) is 0 Å². The van der Waals surface area contributed by atoms with E-state index in [9.17, 15) is 9.59 Å². The molecule has 1 amide bonds. The number of rotatable bonds is 7. The van der Waals surface area contributed by atoms with Crippen molar-refractivity contribution in [3.05, 3.63) is 34.7 Å². The minimum Gasteiger partial charge on any atom is -0.449 e. The molecule has 1 aromatic heterocycles. The van der Waals surface area contributed by atoms with E-state index in [4.69, 9.17) is 4.74 Å². The summed E-state index contributed by atoms with van der Waals surface area (Å²) in [6, 6.07) is 1.82. The maximum atomic E-state index is 12.4. The van der Waals surface area contributed by atoms with E-state index >= 15 is 0 Å². The molecule has 0 radical (unpaired) electrons. The van der Waals surface area contributed by atoms with Gasteiger partial charge in [0.05, 0.1) is 5.56 Å². The van der Waals surface area contributed by atoms with Crippen molar-refractivity contribution in [3.63, 3.8) is 0 Å². The molecule has 1 heterocycles. The van der Waals surface area contributed by atoms with Gasteiger partial charge in [-0.25, -0.2) is 4.79 Å². The number of aromatic nitrogens is 1. The van der Waals surface area contributed by atoms with E-state index in [1.807, 2.05) is 26.8 Å². The lowest BCUT2D eigenvalue weighted by atomic mass is 9.97. The highest BCUT2D eigenvalue weighted by molar-refractivity contribution is 5.93. The molecule has 1 N–H and O–H groups in total. The van der Waals surface area contributed by atoms with Gasteiger partial charge in [0, 0.05) is 24.5 Å². The van der Waals surface area contributed by atoms with Crippen LogP contribution in [-0.2, 0) is 16.1 Å². The molecule has 138 valence electrons. The number of hydrogen-bond donors (Lipinski definition) is 1. The maximum absolute atomic E-state index is 12.4. The van der Waals surface area contributed by atoms with Crippen molar-refractivity contribution in [2.45, 2.75) is 72.4 Å². The van der Waals surface area contributed by atoms with Gasteiger partial charge in [-0.2, -0.15) is 0 Å². The van der Waals surface area contributed by atoms with Gasteiger partial charge >= 0.3 is 5.97 Å². The summed E-state index contributed by atoms with van der Waals surface area (Å²) in [5, 5.41) is 2.87. The van der Waals surface area contributed by atoms with Crippen molar-refractivity contribution in [1.82, 2.24) is 9.88 Å². The fraction of sp³-hybridized carbons (Fsp3) is 0.600. The molecule has 0 unspecified atom stereocenters. The van der Waals surface area contributed by atoms with E-state index in [1.54, 1.807) is 6.92 Å². The van der Waals surface area contributed by atoms with Gasteiger partial charge in [0.1, 0.15) is 0 Å². The lowest BCUT2D eigenvalue weighted by molar-refractivity contribution is -0.129. The third-order valence-electron chi connectivity index (χ3n) is 4.89. The summed E-state index contributed by atoms with van der Waals surface area (Å²) in [6.07, 6.45) is 7.15. The summed E-state index contributed by atoms with van der Waals surface area (Å²) in [4.78, 5) is 24.5. The van der Waals surface area contributed by atoms with Crippen molar-refractivity contribution in [3.8, 4) is 0 Å². The van der Waals surface area contributed by atoms with Crippen LogP contribution in [0.1, 0.15) is 67.7 Å². The second-order valence-corrected chi connectivity index (χ2v) is 6.73. The molecule has 2 rings (SSSR count). The average molecular weight is 346 g/mol. The number of nitrogens with zero attached hydrogens (tertiary/aromatic N) is 1. The molecule has 0 saturated heterocycles. The van der Waals surface area contributed by atoms with E-state index in [-0.39, 0.29) is 5.91 Å². The third kappa shape index (κ3) is 4.97. The van der Waals surface area contributed by atoms with Crippen molar-refractivity contribution in [2.75, 3.05) is 6.54 Å². The van der Waals surface area contributed by atoms with E-state index in [1.165, 1.54) is 18.4 Å². The molecule has 0 aliphatic heterocycles. The molecule has 0 saturated carbocycles. The molecule has 5 heteroatoms. The van der Waals surface area contributed by atoms with Gasteiger partial charge in [-0.1, -0.05) is 11.6 Å². The molecule has 0 spiro atoms. The topological polar surface area (TPSA) is 60.3 Å². The first-order chi connectivity index (χ1) is 11.9. The highest BCUT2D eigenvalue weighted by atomic mass is 16.5. The van der Waals surface area contributed by atoms with E-state index < -0.39 is 12.1 Å². The van der Waals surface area contributed by atoms with Crippen LogP contribution in [0.2, 0.25) is 0 Å². The largest absolute Gasteiger partial charge is 0.449 e. The SMILES string of the molecule is CCn1c(C)cc(C(=O)O[C@@H](C)C(=O)NCCC2=CCCCC2)c1C. The Balaban J connectivity index is 1.83. The average Bonchev–Trinajstić information content (AvgIpc) is 2.89. The monoisotopic (exact) mass is 346 g/mol. The molecular formula is C20H30N2O3. The Hall–Kier alpha value is -2.04. The first-order valence-electron chi connectivity index (χ1n) is 9.27. The predicted octanol–water partition coefficient (Wildman–Crippen LogP) is 3.68. The maximum Gasteiger partial charge on any atom is 0.340 e. The van der Waals surface area contributed by atoms with Crippen LogP contribution in [0.15, 0.2) is 17.7 Å². The molecule has 0 bridgehead atoms. The van der Waals surface area contributed by atoms with Crippen molar-refractivity contribution >= 4 is 11.9 Å². The van der Waals surface area contributed by atoms with E-state index in [0.717, 1.165) is 37.2 Å². The van der Waals surface area contributed by atoms with Crippen molar-refractivity contribution in [2.24, 2.45) is 0 Å². The summed E-state index contributed by atoms with van der Waals surface area (Å²) in [6.45, 7) is 8.91. The Morgan fingerprint density at radius 1 is 1.32 bits per heavy atom. The Morgan fingerprint density at radius 3 is 2.68 bits per heavy atom. The zero-order chi connectivity index (χ0) is 18.4. The number of allylic oxidation sites excluding steroid dienone is 1. The number of aryl methyl sites for hydroxylation is 1. The number of nitrogens with one attached hydrogen (secondary N) is 1. The quantitative estimate of drug-likeness (QED) is 0.605. The van der Waals surface area contributed by atoms with Gasteiger partial charge in [0.15, 0.2) is 6.10 Å². The minimum absolute atomic E-state index is 0.242. The zero-order valence-corrected chi connectivity index (χ0v) is 15.9. The summed E-state index contributed by atoms with van der Waals surface area (Å²) in [7, 11) is 0. The molecule has 1 aromatic rings. The smallest absolute Gasteiger partial charge is 0.340 e. The molecule has 0 fully saturated rings. The summed E-state index contributed by atoms with van der Waals surface area (Å²) >= 11 is 0. The summed E-state index contributed by atoms with van der Waals surface area (Å²) in [5.41, 5.74) is 3.85. The normalized spacial score (nSPS) is 15.4. The Morgan fingerprint density at radius 2 is 2.08 bits per heavy atom. The van der Waals surface area contributed by atoms with Crippen molar-refractivity contribution in [1.29, 1.82) is 0 Å². The molecular weight excluding hydrogens is 316 g/mol. The Kier molecular flexibility index (Phi) is 6.85.